The Morgan fingerprint density at radius 3 is 2.80 bits per heavy atom. The predicted molar refractivity (Wildman–Crippen MR) is 47.4 cm³/mol. The summed E-state index contributed by atoms with van der Waals surface area (Å²) in [5, 5.41) is 0.620. The Morgan fingerprint density at radius 2 is 2.30 bits per heavy atom. The van der Waals surface area contributed by atoms with Gasteiger partial charge in [-0.1, -0.05) is 17.7 Å². The number of pyridine rings is 1. The fraction of sp³-hybridized carbons (Fsp3) is 0.286. The minimum absolute atomic E-state index is 0.620. The largest absolute Gasteiger partial charge is 0.241 e. The molecule has 0 aromatic carbocycles. The van der Waals surface area contributed by atoms with Crippen molar-refractivity contribution in [3.05, 3.63) is 28.5 Å². The predicted octanol–water partition coefficient (Wildman–Crippen LogP) is 2.42. The minimum Gasteiger partial charge on any atom is -0.241 e. The van der Waals surface area contributed by atoms with Crippen LogP contribution in [-0.2, 0) is 6.16 Å². The summed E-state index contributed by atoms with van der Waals surface area (Å²) in [5.74, 6) is 0. The molecule has 1 atom stereocenters. The van der Waals surface area contributed by atoms with Crippen LogP contribution in [0.5, 0.6) is 0 Å². The summed E-state index contributed by atoms with van der Waals surface area (Å²) in [6, 6.07) is 3.96. The van der Waals surface area contributed by atoms with E-state index in [-0.39, 0.29) is 0 Å². The van der Waals surface area contributed by atoms with Crippen molar-refractivity contribution < 1.29 is 0 Å². The van der Waals surface area contributed by atoms with Crippen LogP contribution in [0.15, 0.2) is 12.1 Å². The Labute approximate surface area is 68.0 Å². The van der Waals surface area contributed by atoms with Crippen molar-refractivity contribution in [1.29, 1.82) is 0 Å². The summed E-state index contributed by atoms with van der Waals surface area (Å²) in [6.07, 6.45) is 0.867. The fourth-order valence-corrected chi connectivity index (χ4v) is 1.44. The van der Waals surface area contributed by atoms with Crippen LogP contribution in [-0.4, -0.2) is 4.98 Å². The lowest BCUT2D eigenvalue weighted by molar-refractivity contribution is 1.16. The molecule has 54 valence electrons. The molecule has 1 rings (SSSR count). The van der Waals surface area contributed by atoms with Crippen LogP contribution in [0.2, 0.25) is 5.15 Å². The van der Waals surface area contributed by atoms with Gasteiger partial charge in [0.25, 0.3) is 0 Å². The number of aromatic nitrogens is 1. The molecule has 0 aliphatic rings. The summed E-state index contributed by atoms with van der Waals surface area (Å²) in [6.45, 7) is 1.93. The van der Waals surface area contributed by atoms with Gasteiger partial charge in [0.15, 0.2) is 0 Å². The Bertz CT molecular complexity index is 237. The Hall–Kier alpha value is -0.130. The molecule has 0 saturated carbocycles. The second-order valence-electron chi connectivity index (χ2n) is 2.11. The SMILES string of the molecule is Cc1ccc(CP)c(Cl)n1. The number of halogens is 1. The van der Waals surface area contributed by atoms with E-state index in [1.165, 1.54) is 0 Å². The number of aryl methyl sites for hydroxylation is 1. The molecule has 0 spiro atoms. The van der Waals surface area contributed by atoms with Gasteiger partial charge in [-0.15, -0.1) is 9.24 Å². The lowest BCUT2D eigenvalue weighted by Gasteiger charge is -1.98. The number of rotatable bonds is 1. The number of nitrogens with zero attached hydrogens (tertiary/aromatic N) is 1. The van der Waals surface area contributed by atoms with E-state index < -0.39 is 0 Å². The summed E-state index contributed by atoms with van der Waals surface area (Å²) < 4.78 is 0. The molecule has 0 radical (unpaired) electrons. The first kappa shape index (κ1) is 7.97. The van der Waals surface area contributed by atoms with Gasteiger partial charge in [0.1, 0.15) is 5.15 Å². The van der Waals surface area contributed by atoms with E-state index in [1.54, 1.807) is 0 Å². The third-order valence-corrected chi connectivity index (χ3v) is 2.05. The monoisotopic (exact) mass is 173 g/mol. The van der Waals surface area contributed by atoms with E-state index in [9.17, 15) is 0 Å². The van der Waals surface area contributed by atoms with Gasteiger partial charge in [0.05, 0.1) is 0 Å². The molecule has 1 heterocycles. The van der Waals surface area contributed by atoms with E-state index in [2.05, 4.69) is 14.2 Å². The van der Waals surface area contributed by atoms with E-state index >= 15 is 0 Å². The maximum absolute atomic E-state index is 5.81. The van der Waals surface area contributed by atoms with Crippen LogP contribution in [0.1, 0.15) is 11.3 Å². The van der Waals surface area contributed by atoms with Crippen molar-refractivity contribution >= 4 is 20.8 Å². The van der Waals surface area contributed by atoms with Crippen molar-refractivity contribution in [3.8, 4) is 0 Å². The molecule has 0 aliphatic heterocycles. The van der Waals surface area contributed by atoms with Gasteiger partial charge in [-0.2, -0.15) is 0 Å². The standard InChI is InChI=1S/C7H9ClNP/c1-5-2-3-6(4-10)7(8)9-5/h2-3H,4,10H2,1H3. The molecule has 3 heteroatoms. The highest BCUT2D eigenvalue weighted by atomic mass is 35.5. The summed E-state index contributed by atoms with van der Waals surface area (Å²) in [4.78, 5) is 4.10. The molecule has 0 aliphatic carbocycles. The molecule has 0 N–H and O–H groups in total. The lowest BCUT2D eigenvalue weighted by Crippen LogP contribution is -1.86. The summed E-state index contributed by atoms with van der Waals surface area (Å²) >= 11 is 5.81. The maximum atomic E-state index is 5.81. The molecular weight excluding hydrogens is 165 g/mol. The number of hydrogen-bond acceptors (Lipinski definition) is 1. The second-order valence-corrected chi connectivity index (χ2v) is 2.87. The third-order valence-electron chi connectivity index (χ3n) is 1.29. The Balaban J connectivity index is 3.07. The van der Waals surface area contributed by atoms with Gasteiger partial charge >= 0.3 is 0 Å². The van der Waals surface area contributed by atoms with Crippen molar-refractivity contribution in [2.75, 3.05) is 0 Å². The third kappa shape index (κ3) is 1.68. The van der Waals surface area contributed by atoms with Gasteiger partial charge in [-0.25, -0.2) is 4.98 Å². The molecule has 0 fully saturated rings. The van der Waals surface area contributed by atoms with Crippen molar-refractivity contribution in [1.82, 2.24) is 4.98 Å². The minimum atomic E-state index is 0.620. The zero-order valence-electron chi connectivity index (χ0n) is 5.76. The Kier molecular flexibility index (Phi) is 2.64. The highest BCUT2D eigenvalue weighted by Crippen LogP contribution is 2.15. The van der Waals surface area contributed by atoms with Gasteiger partial charge < -0.3 is 0 Å². The first-order chi connectivity index (χ1) is 4.74. The van der Waals surface area contributed by atoms with E-state index in [1.807, 2.05) is 19.1 Å². The van der Waals surface area contributed by atoms with Crippen LogP contribution >= 0.6 is 20.8 Å². The first-order valence-corrected chi connectivity index (χ1v) is 4.25. The second kappa shape index (κ2) is 3.32. The number of hydrogen-bond donors (Lipinski definition) is 0. The molecule has 0 bridgehead atoms. The molecule has 0 saturated heterocycles. The maximum Gasteiger partial charge on any atom is 0.132 e. The summed E-state index contributed by atoms with van der Waals surface area (Å²) in [7, 11) is 2.62. The molecule has 1 aromatic rings. The molecular formula is C7H9ClNP. The highest BCUT2D eigenvalue weighted by molar-refractivity contribution is 7.15. The molecule has 1 aromatic heterocycles. The van der Waals surface area contributed by atoms with E-state index in [4.69, 9.17) is 11.6 Å². The normalized spacial score (nSPS) is 9.90. The van der Waals surface area contributed by atoms with Crippen LogP contribution in [0.4, 0.5) is 0 Å². The van der Waals surface area contributed by atoms with E-state index in [0.717, 1.165) is 17.4 Å². The van der Waals surface area contributed by atoms with E-state index in [0.29, 0.717) is 5.15 Å². The summed E-state index contributed by atoms with van der Waals surface area (Å²) in [5.41, 5.74) is 2.05. The van der Waals surface area contributed by atoms with Crippen molar-refractivity contribution in [2.45, 2.75) is 13.1 Å². The molecule has 1 nitrogen and oxygen atoms in total. The average Bonchev–Trinajstić information content (AvgIpc) is 1.88. The Morgan fingerprint density at radius 1 is 1.60 bits per heavy atom. The van der Waals surface area contributed by atoms with Crippen molar-refractivity contribution in [3.63, 3.8) is 0 Å². The molecule has 10 heavy (non-hydrogen) atoms. The van der Waals surface area contributed by atoms with Gasteiger partial charge in [-0.05, 0) is 24.7 Å². The zero-order valence-corrected chi connectivity index (χ0v) is 7.67. The lowest BCUT2D eigenvalue weighted by atomic mass is 10.3. The quantitative estimate of drug-likeness (QED) is 0.470. The van der Waals surface area contributed by atoms with Crippen LogP contribution in [0.3, 0.4) is 0 Å². The molecule has 1 unspecified atom stereocenters. The topological polar surface area (TPSA) is 12.9 Å². The van der Waals surface area contributed by atoms with Crippen LogP contribution < -0.4 is 0 Å². The zero-order chi connectivity index (χ0) is 7.56. The van der Waals surface area contributed by atoms with Gasteiger partial charge in [0.2, 0.25) is 0 Å². The van der Waals surface area contributed by atoms with Crippen LogP contribution in [0, 0.1) is 6.92 Å². The van der Waals surface area contributed by atoms with Gasteiger partial charge in [-0.3, -0.25) is 0 Å². The fourth-order valence-electron chi connectivity index (χ4n) is 0.706. The van der Waals surface area contributed by atoms with Crippen molar-refractivity contribution in [2.24, 2.45) is 0 Å². The first-order valence-electron chi connectivity index (χ1n) is 3.06. The smallest absolute Gasteiger partial charge is 0.132 e. The molecule has 0 amide bonds. The average molecular weight is 174 g/mol. The highest BCUT2D eigenvalue weighted by Gasteiger charge is 1.97. The van der Waals surface area contributed by atoms with Crippen LogP contribution in [0.25, 0.3) is 0 Å². The van der Waals surface area contributed by atoms with Gasteiger partial charge in [0, 0.05) is 5.69 Å².